The molecule has 0 aliphatic carbocycles. The Morgan fingerprint density at radius 2 is 2.30 bits per heavy atom. The molecule has 0 fully saturated rings. The Bertz CT molecular complexity index is 672. The van der Waals surface area contributed by atoms with Crippen molar-refractivity contribution >= 4 is 11.7 Å². The van der Waals surface area contributed by atoms with E-state index in [0.717, 1.165) is 5.56 Å². The number of nitrogens with one attached hydrogen (secondary N) is 1. The quantitative estimate of drug-likeness (QED) is 0.929. The lowest BCUT2D eigenvalue weighted by molar-refractivity contribution is 0.102. The Labute approximate surface area is 115 Å². The van der Waals surface area contributed by atoms with Gasteiger partial charge >= 0.3 is 0 Å². The summed E-state index contributed by atoms with van der Waals surface area (Å²) in [6.07, 6.45) is 1.99. The topological polar surface area (TPSA) is 70.7 Å². The maximum Gasteiger partial charge on any atom is 0.259 e. The smallest absolute Gasteiger partial charge is 0.259 e. The molecule has 1 aromatic carbocycles. The molecule has 0 aliphatic rings. The molecule has 0 atom stereocenters. The predicted octanol–water partition coefficient (Wildman–Crippen LogP) is 2.50. The molecule has 2 rings (SSSR count). The molecule has 0 radical (unpaired) electrons. The lowest BCUT2D eigenvalue weighted by Crippen LogP contribution is -2.14. The monoisotopic (exact) mass is 272 g/mol. The van der Waals surface area contributed by atoms with E-state index < -0.39 is 11.7 Å². The van der Waals surface area contributed by atoms with Crippen LogP contribution in [0.3, 0.4) is 0 Å². The Morgan fingerprint density at radius 3 is 3.00 bits per heavy atom. The second-order valence-electron chi connectivity index (χ2n) is 4.31. The Hall–Kier alpha value is -2.68. The summed E-state index contributed by atoms with van der Waals surface area (Å²) in [7, 11) is 0. The standard InChI is InChI=1S/C14H13FN4O/c1-10-3-4-11(12(15)9-10)14(20)17-13-5-8-19(18-13)7-2-6-16/h3-5,8-9H,2,7H2,1H3,(H,17,18,20). The number of aryl methyl sites for hydroxylation is 2. The van der Waals surface area contributed by atoms with E-state index in [0.29, 0.717) is 18.8 Å². The Morgan fingerprint density at radius 1 is 1.50 bits per heavy atom. The van der Waals surface area contributed by atoms with Gasteiger partial charge in [0, 0.05) is 12.3 Å². The summed E-state index contributed by atoms with van der Waals surface area (Å²) in [5.74, 6) is -0.785. The zero-order valence-corrected chi connectivity index (χ0v) is 10.9. The first-order chi connectivity index (χ1) is 9.60. The first-order valence-electron chi connectivity index (χ1n) is 6.08. The van der Waals surface area contributed by atoms with E-state index in [-0.39, 0.29) is 5.56 Å². The van der Waals surface area contributed by atoms with Crippen LogP contribution in [0, 0.1) is 24.1 Å². The van der Waals surface area contributed by atoms with Crippen LogP contribution < -0.4 is 5.32 Å². The Balaban J connectivity index is 2.08. The van der Waals surface area contributed by atoms with Gasteiger partial charge in [-0.05, 0) is 24.6 Å². The zero-order valence-electron chi connectivity index (χ0n) is 10.9. The summed E-state index contributed by atoms with van der Waals surface area (Å²) < 4.78 is 15.2. The van der Waals surface area contributed by atoms with Crippen molar-refractivity contribution in [3.63, 3.8) is 0 Å². The third-order valence-corrected chi connectivity index (χ3v) is 2.70. The summed E-state index contributed by atoms with van der Waals surface area (Å²) >= 11 is 0. The van der Waals surface area contributed by atoms with Crippen molar-refractivity contribution in [3.8, 4) is 6.07 Å². The molecular weight excluding hydrogens is 259 g/mol. The first-order valence-corrected chi connectivity index (χ1v) is 6.08. The second-order valence-corrected chi connectivity index (χ2v) is 4.31. The lowest BCUT2D eigenvalue weighted by Gasteiger charge is -2.04. The summed E-state index contributed by atoms with van der Waals surface area (Å²) in [6.45, 7) is 2.20. The fourth-order valence-corrected chi connectivity index (χ4v) is 1.71. The number of carbonyl (C=O) groups is 1. The van der Waals surface area contributed by atoms with E-state index in [1.807, 2.05) is 6.07 Å². The molecule has 0 spiro atoms. The number of aromatic nitrogens is 2. The van der Waals surface area contributed by atoms with Crippen LogP contribution in [0.2, 0.25) is 0 Å². The van der Waals surface area contributed by atoms with Gasteiger partial charge in [-0.1, -0.05) is 6.07 Å². The number of benzene rings is 1. The number of rotatable bonds is 4. The SMILES string of the molecule is Cc1ccc(C(=O)Nc2ccn(CCC#N)n2)c(F)c1. The minimum Gasteiger partial charge on any atom is -0.305 e. The molecule has 0 bridgehead atoms. The molecule has 1 N–H and O–H groups in total. The normalized spacial score (nSPS) is 10.1. The molecule has 1 aromatic heterocycles. The van der Waals surface area contributed by atoms with E-state index >= 15 is 0 Å². The van der Waals surface area contributed by atoms with Gasteiger partial charge in [-0.25, -0.2) is 4.39 Å². The minimum absolute atomic E-state index is 0.0258. The van der Waals surface area contributed by atoms with Gasteiger partial charge in [-0.3, -0.25) is 9.48 Å². The third kappa shape index (κ3) is 3.20. The van der Waals surface area contributed by atoms with Crippen LogP contribution in [0.1, 0.15) is 22.3 Å². The van der Waals surface area contributed by atoms with Gasteiger partial charge in [-0.15, -0.1) is 0 Å². The van der Waals surface area contributed by atoms with Gasteiger partial charge < -0.3 is 5.32 Å². The van der Waals surface area contributed by atoms with Crippen LogP contribution in [0.5, 0.6) is 0 Å². The second kappa shape index (κ2) is 5.97. The number of hydrogen-bond donors (Lipinski definition) is 1. The molecule has 2 aromatic rings. The maximum absolute atomic E-state index is 13.7. The van der Waals surface area contributed by atoms with Crippen LogP contribution in [0.15, 0.2) is 30.5 Å². The fourth-order valence-electron chi connectivity index (χ4n) is 1.71. The highest BCUT2D eigenvalue weighted by Gasteiger charge is 2.12. The summed E-state index contributed by atoms with van der Waals surface area (Å²) in [5.41, 5.74) is 0.724. The molecule has 102 valence electrons. The summed E-state index contributed by atoms with van der Waals surface area (Å²) in [5, 5.41) is 15.1. The van der Waals surface area contributed by atoms with E-state index in [9.17, 15) is 9.18 Å². The van der Waals surface area contributed by atoms with Crippen LogP contribution >= 0.6 is 0 Å². The number of halogens is 1. The van der Waals surface area contributed by atoms with Gasteiger partial charge in [0.25, 0.3) is 5.91 Å². The predicted molar refractivity (Wildman–Crippen MR) is 71.5 cm³/mol. The summed E-state index contributed by atoms with van der Waals surface area (Å²) in [6, 6.07) is 8.02. The molecule has 6 heteroatoms. The van der Waals surface area contributed by atoms with E-state index in [1.54, 1.807) is 29.9 Å². The van der Waals surface area contributed by atoms with Crippen LogP contribution in [-0.4, -0.2) is 15.7 Å². The molecule has 1 heterocycles. The van der Waals surface area contributed by atoms with Gasteiger partial charge in [0.15, 0.2) is 5.82 Å². The van der Waals surface area contributed by atoms with E-state index in [1.165, 1.54) is 12.1 Å². The number of nitrogens with zero attached hydrogens (tertiary/aromatic N) is 3. The van der Waals surface area contributed by atoms with Crippen LogP contribution in [0.4, 0.5) is 10.2 Å². The molecule has 20 heavy (non-hydrogen) atoms. The third-order valence-electron chi connectivity index (χ3n) is 2.70. The number of anilines is 1. The van der Waals surface area contributed by atoms with Crippen molar-refractivity contribution in [1.82, 2.24) is 9.78 Å². The molecule has 5 nitrogen and oxygen atoms in total. The first kappa shape index (κ1) is 13.7. The fraction of sp³-hybridized carbons (Fsp3) is 0.214. The molecule has 0 saturated carbocycles. The van der Waals surface area contributed by atoms with Crippen molar-refractivity contribution in [2.24, 2.45) is 0 Å². The number of nitriles is 1. The average Bonchev–Trinajstić information content (AvgIpc) is 2.83. The van der Waals surface area contributed by atoms with E-state index in [2.05, 4.69) is 10.4 Å². The highest BCUT2D eigenvalue weighted by atomic mass is 19.1. The highest BCUT2D eigenvalue weighted by molar-refractivity contribution is 6.03. The Kier molecular flexibility index (Phi) is 4.11. The molecule has 0 aliphatic heterocycles. The molecule has 0 unspecified atom stereocenters. The van der Waals surface area contributed by atoms with Crippen molar-refractivity contribution in [3.05, 3.63) is 47.4 Å². The minimum atomic E-state index is -0.564. The highest BCUT2D eigenvalue weighted by Crippen LogP contribution is 2.12. The van der Waals surface area contributed by atoms with Crippen LogP contribution in [-0.2, 0) is 6.54 Å². The largest absolute Gasteiger partial charge is 0.305 e. The van der Waals surface area contributed by atoms with Crippen LogP contribution in [0.25, 0.3) is 0 Å². The lowest BCUT2D eigenvalue weighted by atomic mass is 10.1. The molecular formula is C14H13FN4O. The zero-order chi connectivity index (χ0) is 14.5. The van der Waals surface area contributed by atoms with Crippen molar-refractivity contribution in [2.45, 2.75) is 19.9 Å². The number of amides is 1. The molecule has 0 saturated heterocycles. The van der Waals surface area contributed by atoms with Crippen molar-refractivity contribution < 1.29 is 9.18 Å². The molecule has 1 amide bonds. The van der Waals surface area contributed by atoms with Gasteiger partial charge in [0.1, 0.15) is 5.82 Å². The summed E-state index contributed by atoms with van der Waals surface area (Å²) in [4.78, 5) is 11.9. The van der Waals surface area contributed by atoms with Gasteiger partial charge in [-0.2, -0.15) is 10.4 Å². The maximum atomic E-state index is 13.7. The van der Waals surface area contributed by atoms with Crippen molar-refractivity contribution in [2.75, 3.05) is 5.32 Å². The number of carbonyl (C=O) groups excluding carboxylic acids is 1. The van der Waals surface area contributed by atoms with E-state index in [4.69, 9.17) is 5.26 Å². The van der Waals surface area contributed by atoms with Gasteiger partial charge in [0.05, 0.1) is 24.6 Å². The van der Waals surface area contributed by atoms with Gasteiger partial charge in [0.2, 0.25) is 0 Å². The van der Waals surface area contributed by atoms with Crippen molar-refractivity contribution in [1.29, 1.82) is 5.26 Å². The average molecular weight is 272 g/mol. The number of hydrogen-bond acceptors (Lipinski definition) is 3.